The van der Waals surface area contributed by atoms with Crippen LogP contribution in [0.5, 0.6) is 0 Å². The summed E-state index contributed by atoms with van der Waals surface area (Å²) in [6.45, 7) is 2.94. The maximum atomic E-state index is 13.7. The van der Waals surface area contributed by atoms with E-state index in [4.69, 9.17) is 5.11 Å². The highest BCUT2D eigenvalue weighted by Gasteiger charge is 2.28. The van der Waals surface area contributed by atoms with Crippen molar-refractivity contribution in [3.63, 3.8) is 0 Å². The Kier molecular flexibility index (Phi) is 3.55. The summed E-state index contributed by atoms with van der Waals surface area (Å²) >= 11 is 0. The van der Waals surface area contributed by atoms with Crippen LogP contribution in [0.15, 0.2) is 18.2 Å². The molecule has 0 radical (unpaired) electrons. The van der Waals surface area contributed by atoms with E-state index in [-0.39, 0.29) is 11.0 Å². The number of benzene rings is 1. The third-order valence-electron chi connectivity index (χ3n) is 3.73. The maximum Gasteiger partial charge on any atom is 0.335 e. The fourth-order valence-corrected chi connectivity index (χ4v) is 2.51. The Labute approximate surface area is 106 Å². The molecule has 1 aliphatic rings. The first kappa shape index (κ1) is 12.9. The van der Waals surface area contributed by atoms with Crippen LogP contribution in [0.25, 0.3) is 0 Å². The zero-order valence-electron chi connectivity index (χ0n) is 10.5. The molecule has 0 atom stereocenters. The molecule has 98 valence electrons. The largest absolute Gasteiger partial charge is 0.478 e. The fraction of sp³-hybridized carbons (Fsp3) is 0.500. The Morgan fingerprint density at radius 3 is 2.67 bits per heavy atom. The van der Waals surface area contributed by atoms with Crippen LogP contribution < -0.4 is 5.32 Å². The Balaban J connectivity index is 2.03. The summed E-state index contributed by atoms with van der Waals surface area (Å²) in [5.41, 5.74) is 0.594. The second-order valence-electron chi connectivity index (χ2n) is 5.37. The number of rotatable bonds is 4. The van der Waals surface area contributed by atoms with Gasteiger partial charge < -0.3 is 10.4 Å². The van der Waals surface area contributed by atoms with Crippen molar-refractivity contribution in [2.24, 2.45) is 5.41 Å². The minimum absolute atomic E-state index is 0.0230. The third kappa shape index (κ3) is 2.81. The van der Waals surface area contributed by atoms with E-state index in [1.54, 1.807) is 0 Å². The van der Waals surface area contributed by atoms with Crippen molar-refractivity contribution in [3.8, 4) is 0 Å². The molecule has 0 unspecified atom stereocenters. The lowest BCUT2D eigenvalue weighted by Crippen LogP contribution is -2.23. The molecule has 1 fully saturated rings. The van der Waals surface area contributed by atoms with Crippen LogP contribution in [0.4, 0.5) is 10.1 Å². The molecule has 0 bridgehead atoms. The smallest absolute Gasteiger partial charge is 0.335 e. The molecule has 0 amide bonds. The van der Waals surface area contributed by atoms with E-state index >= 15 is 0 Å². The molecule has 2 N–H and O–H groups in total. The molecule has 2 rings (SSSR count). The fourth-order valence-electron chi connectivity index (χ4n) is 2.51. The van der Waals surface area contributed by atoms with E-state index in [2.05, 4.69) is 12.2 Å². The molecule has 0 aromatic heterocycles. The summed E-state index contributed by atoms with van der Waals surface area (Å²) in [6, 6.07) is 3.98. The summed E-state index contributed by atoms with van der Waals surface area (Å²) in [7, 11) is 0. The number of carboxylic acids is 1. The van der Waals surface area contributed by atoms with E-state index in [0.717, 1.165) is 25.5 Å². The lowest BCUT2D eigenvalue weighted by Gasteiger charge is -2.24. The van der Waals surface area contributed by atoms with Crippen LogP contribution in [0, 0.1) is 11.2 Å². The molecule has 3 nitrogen and oxygen atoms in total. The van der Waals surface area contributed by atoms with Crippen LogP contribution in [0.1, 0.15) is 43.0 Å². The van der Waals surface area contributed by atoms with Crippen molar-refractivity contribution in [2.75, 3.05) is 11.9 Å². The minimum Gasteiger partial charge on any atom is -0.478 e. The molecule has 0 heterocycles. The van der Waals surface area contributed by atoms with Crippen LogP contribution in [-0.4, -0.2) is 17.6 Å². The lowest BCUT2D eigenvalue weighted by atomic mass is 9.89. The van der Waals surface area contributed by atoms with Crippen LogP contribution >= 0.6 is 0 Å². The number of nitrogens with one attached hydrogen (secondary N) is 1. The normalized spacial score (nSPS) is 17.7. The number of hydrogen-bond donors (Lipinski definition) is 2. The van der Waals surface area contributed by atoms with E-state index in [1.165, 1.54) is 25.0 Å². The van der Waals surface area contributed by atoms with Gasteiger partial charge in [-0.15, -0.1) is 0 Å². The monoisotopic (exact) mass is 251 g/mol. The average Bonchev–Trinajstić information content (AvgIpc) is 2.75. The number of halogens is 1. The summed E-state index contributed by atoms with van der Waals surface area (Å²) in [5.74, 6) is -1.61. The molecule has 4 heteroatoms. The number of aromatic carboxylic acids is 1. The van der Waals surface area contributed by atoms with Crippen molar-refractivity contribution in [1.29, 1.82) is 0 Å². The summed E-state index contributed by atoms with van der Waals surface area (Å²) in [4.78, 5) is 10.7. The highest BCUT2D eigenvalue weighted by atomic mass is 19.1. The number of carbonyl (C=O) groups is 1. The standard InChI is InChI=1S/C14H18FNO2/c1-14(6-2-3-7-14)9-16-12-5-4-10(13(17)18)8-11(12)15/h4-5,8,16H,2-3,6-7,9H2,1H3,(H,17,18). The Bertz CT molecular complexity index is 453. The van der Waals surface area contributed by atoms with Gasteiger partial charge >= 0.3 is 5.97 Å². The molecular weight excluding hydrogens is 233 g/mol. The third-order valence-corrected chi connectivity index (χ3v) is 3.73. The van der Waals surface area contributed by atoms with Crippen LogP contribution in [0.2, 0.25) is 0 Å². The molecule has 0 saturated heterocycles. The van der Waals surface area contributed by atoms with Gasteiger partial charge in [0.25, 0.3) is 0 Å². The van der Waals surface area contributed by atoms with E-state index in [0.29, 0.717) is 5.69 Å². The molecule has 18 heavy (non-hydrogen) atoms. The van der Waals surface area contributed by atoms with Gasteiger partial charge in [-0.05, 0) is 36.5 Å². The van der Waals surface area contributed by atoms with Crippen molar-refractivity contribution in [3.05, 3.63) is 29.6 Å². The van der Waals surface area contributed by atoms with Crippen molar-refractivity contribution < 1.29 is 14.3 Å². The first-order chi connectivity index (χ1) is 8.50. The number of carboxylic acid groups (broad SMARTS) is 1. The maximum absolute atomic E-state index is 13.7. The van der Waals surface area contributed by atoms with Gasteiger partial charge in [-0.3, -0.25) is 0 Å². The zero-order chi connectivity index (χ0) is 13.2. The van der Waals surface area contributed by atoms with Crippen molar-refractivity contribution in [1.82, 2.24) is 0 Å². The molecular formula is C14H18FNO2. The van der Waals surface area contributed by atoms with Crippen molar-refractivity contribution >= 4 is 11.7 Å². The number of hydrogen-bond acceptors (Lipinski definition) is 2. The molecule has 1 aliphatic carbocycles. The van der Waals surface area contributed by atoms with E-state index in [9.17, 15) is 9.18 Å². The predicted molar refractivity (Wildman–Crippen MR) is 68.4 cm³/mol. The van der Waals surface area contributed by atoms with Gasteiger partial charge in [-0.25, -0.2) is 9.18 Å². The topological polar surface area (TPSA) is 49.3 Å². The van der Waals surface area contributed by atoms with E-state index in [1.807, 2.05) is 0 Å². The van der Waals surface area contributed by atoms with E-state index < -0.39 is 11.8 Å². The Morgan fingerprint density at radius 1 is 1.44 bits per heavy atom. The minimum atomic E-state index is -1.11. The molecule has 1 saturated carbocycles. The Hall–Kier alpha value is -1.58. The van der Waals surface area contributed by atoms with Gasteiger partial charge in [0.15, 0.2) is 0 Å². The first-order valence-electron chi connectivity index (χ1n) is 6.27. The highest BCUT2D eigenvalue weighted by molar-refractivity contribution is 5.88. The first-order valence-corrected chi connectivity index (χ1v) is 6.27. The van der Waals surface area contributed by atoms with Gasteiger partial charge in [0.1, 0.15) is 5.82 Å². The molecule has 0 spiro atoms. The molecule has 1 aromatic rings. The van der Waals surface area contributed by atoms with Gasteiger partial charge in [-0.1, -0.05) is 19.8 Å². The second kappa shape index (κ2) is 4.96. The highest BCUT2D eigenvalue weighted by Crippen LogP contribution is 2.37. The quantitative estimate of drug-likeness (QED) is 0.860. The van der Waals surface area contributed by atoms with Crippen LogP contribution in [0.3, 0.4) is 0 Å². The average molecular weight is 251 g/mol. The predicted octanol–water partition coefficient (Wildman–Crippen LogP) is 3.52. The van der Waals surface area contributed by atoms with Gasteiger partial charge in [0, 0.05) is 6.54 Å². The van der Waals surface area contributed by atoms with Crippen molar-refractivity contribution in [2.45, 2.75) is 32.6 Å². The molecule has 0 aliphatic heterocycles. The van der Waals surface area contributed by atoms with Gasteiger partial charge in [0.05, 0.1) is 11.3 Å². The zero-order valence-corrected chi connectivity index (χ0v) is 10.5. The summed E-state index contributed by atoms with van der Waals surface area (Å²) in [6.07, 6.45) is 4.79. The van der Waals surface area contributed by atoms with Gasteiger partial charge in [-0.2, -0.15) is 0 Å². The van der Waals surface area contributed by atoms with Gasteiger partial charge in [0.2, 0.25) is 0 Å². The summed E-state index contributed by atoms with van der Waals surface area (Å²) in [5, 5.41) is 11.9. The number of anilines is 1. The SMILES string of the molecule is CC1(CNc2ccc(C(=O)O)cc2F)CCCC1. The second-order valence-corrected chi connectivity index (χ2v) is 5.37. The molecule has 1 aromatic carbocycles. The summed E-state index contributed by atoms with van der Waals surface area (Å²) < 4.78 is 13.7. The Morgan fingerprint density at radius 2 is 2.11 bits per heavy atom. The van der Waals surface area contributed by atoms with Crippen LogP contribution in [-0.2, 0) is 0 Å². The lowest BCUT2D eigenvalue weighted by molar-refractivity contribution is 0.0696.